The van der Waals surface area contributed by atoms with Gasteiger partial charge in [0.2, 0.25) is 11.8 Å². The molecule has 1 aliphatic rings. The molecule has 0 radical (unpaired) electrons. The van der Waals surface area contributed by atoms with Crippen LogP contribution in [-0.2, 0) is 16.1 Å². The number of amides is 2. The number of piperazine rings is 1. The van der Waals surface area contributed by atoms with Crippen LogP contribution in [0.1, 0.15) is 32.9 Å². The fraction of sp³-hybridized carbons (Fsp3) is 0.571. The third-order valence-electron chi connectivity index (χ3n) is 3.55. The first-order chi connectivity index (χ1) is 9.54. The monoisotopic (exact) mass is 276 g/mol. The first kappa shape index (κ1) is 14.4. The molecule has 1 fully saturated rings. The normalized spacial score (nSPS) is 23.1. The number of hydrogen-bond donors (Lipinski definition) is 1. The van der Waals surface area contributed by atoms with Gasteiger partial charge < -0.3 is 10.2 Å². The minimum absolute atomic E-state index is 0.0370. The van der Waals surface area contributed by atoms with Crippen molar-refractivity contribution in [1.82, 2.24) is 20.2 Å². The number of hydrogen-bond acceptors (Lipinski definition) is 4. The van der Waals surface area contributed by atoms with Gasteiger partial charge in [-0.25, -0.2) is 9.97 Å². The van der Waals surface area contributed by atoms with E-state index in [-0.39, 0.29) is 17.7 Å². The maximum absolute atomic E-state index is 12.6. The zero-order valence-electron chi connectivity index (χ0n) is 12.0. The summed E-state index contributed by atoms with van der Waals surface area (Å²) in [5.41, 5.74) is 0.740. The van der Waals surface area contributed by atoms with E-state index in [4.69, 9.17) is 0 Å². The lowest BCUT2D eigenvalue weighted by atomic mass is 9.97. The van der Waals surface area contributed by atoms with Crippen molar-refractivity contribution in [2.24, 2.45) is 5.92 Å². The van der Waals surface area contributed by atoms with Crippen LogP contribution in [-0.4, -0.2) is 38.8 Å². The van der Waals surface area contributed by atoms with Crippen molar-refractivity contribution in [3.8, 4) is 0 Å². The highest BCUT2D eigenvalue weighted by Crippen LogP contribution is 2.19. The standard InChI is InChI=1S/C14H20N4O2/c1-4-11-13(19)17-12(9(2)3)14(20)18(11)7-10-5-6-15-8-16-10/h5-6,8-9,11-12H,4,7H2,1-3H3,(H,17,19). The van der Waals surface area contributed by atoms with Crippen LogP contribution in [0.15, 0.2) is 18.6 Å². The molecule has 1 aromatic heterocycles. The maximum Gasteiger partial charge on any atom is 0.246 e. The van der Waals surface area contributed by atoms with Crippen molar-refractivity contribution in [3.05, 3.63) is 24.3 Å². The molecule has 2 atom stereocenters. The van der Waals surface area contributed by atoms with Crippen LogP contribution in [0.25, 0.3) is 0 Å². The zero-order valence-corrected chi connectivity index (χ0v) is 12.0. The van der Waals surface area contributed by atoms with Gasteiger partial charge in [-0.2, -0.15) is 0 Å². The molecular weight excluding hydrogens is 256 g/mol. The van der Waals surface area contributed by atoms with Crippen LogP contribution >= 0.6 is 0 Å². The van der Waals surface area contributed by atoms with Crippen molar-refractivity contribution < 1.29 is 9.59 Å². The molecule has 108 valence electrons. The Labute approximate surface area is 118 Å². The van der Waals surface area contributed by atoms with Gasteiger partial charge in [0.05, 0.1) is 12.2 Å². The van der Waals surface area contributed by atoms with Crippen molar-refractivity contribution in [2.45, 2.75) is 45.8 Å². The maximum atomic E-state index is 12.6. The van der Waals surface area contributed by atoms with Crippen LogP contribution in [0.4, 0.5) is 0 Å². The number of nitrogens with zero attached hydrogens (tertiary/aromatic N) is 3. The molecule has 20 heavy (non-hydrogen) atoms. The molecule has 0 aliphatic carbocycles. The lowest BCUT2D eigenvalue weighted by Gasteiger charge is -2.39. The van der Waals surface area contributed by atoms with E-state index >= 15 is 0 Å². The molecule has 2 rings (SSSR count). The molecular formula is C14H20N4O2. The average molecular weight is 276 g/mol. The molecule has 1 aromatic rings. The fourth-order valence-electron chi connectivity index (χ4n) is 2.42. The van der Waals surface area contributed by atoms with Gasteiger partial charge in [0.1, 0.15) is 18.4 Å². The van der Waals surface area contributed by atoms with E-state index in [1.807, 2.05) is 20.8 Å². The second kappa shape index (κ2) is 5.98. The molecule has 0 saturated carbocycles. The summed E-state index contributed by atoms with van der Waals surface area (Å²) >= 11 is 0. The van der Waals surface area contributed by atoms with Crippen molar-refractivity contribution in [3.63, 3.8) is 0 Å². The Balaban J connectivity index is 2.25. The predicted octanol–water partition coefficient (Wildman–Crippen LogP) is 0.738. The van der Waals surface area contributed by atoms with E-state index in [1.165, 1.54) is 6.33 Å². The van der Waals surface area contributed by atoms with Gasteiger partial charge in [-0.1, -0.05) is 20.8 Å². The average Bonchev–Trinajstić information content (AvgIpc) is 2.43. The highest BCUT2D eigenvalue weighted by molar-refractivity contribution is 5.97. The highest BCUT2D eigenvalue weighted by Gasteiger charge is 2.40. The van der Waals surface area contributed by atoms with Gasteiger partial charge in [-0.05, 0) is 18.4 Å². The first-order valence-electron chi connectivity index (χ1n) is 6.90. The van der Waals surface area contributed by atoms with E-state index in [9.17, 15) is 9.59 Å². The molecule has 1 N–H and O–H groups in total. The smallest absolute Gasteiger partial charge is 0.246 e. The lowest BCUT2D eigenvalue weighted by molar-refractivity contribution is -0.151. The third kappa shape index (κ3) is 2.79. The number of rotatable bonds is 4. The molecule has 1 saturated heterocycles. The fourth-order valence-corrected chi connectivity index (χ4v) is 2.42. The van der Waals surface area contributed by atoms with Crippen molar-refractivity contribution >= 4 is 11.8 Å². The molecule has 0 spiro atoms. The van der Waals surface area contributed by atoms with Crippen LogP contribution < -0.4 is 5.32 Å². The molecule has 6 nitrogen and oxygen atoms in total. The number of carbonyl (C=O) groups is 2. The first-order valence-corrected chi connectivity index (χ1v) is 6.90. The second-order valence-electron chi connectivity index (χ2n) is 5.32. The Kier molecular flexibility index (Phi) is 4.32. The Hall–Kier alpha value is -1.98. The molecule has 0 aromatic carbocycles. The van der Waals surface area contributed by atoms with E-state index in [0.717, 1.165) is 5.69 Å². The molecule has 2 unspecified atom stereocenters. The van der Waals surface area contributed by atoms with Gasteiger partial charge in [-0.15, -0.1) is 0 Å². The summed E-state index contributed by atoms with van der Waals surface area (Å²) < 4.78 is 0. The zero-order chi connectivity index (χ0) is 14.7. The SMILES string of the molecule is CCC1C(=O)NC(C(C)C)C(=O)N1Cc1ccncn1. The van der Waals surface area contributed by atoms with Gasteiger partial charge >= 0.3 is 0 Å². The Morgan fingerprint density at radius 2 is 2.15 bits per heavy atom. The Morgan fingerprint density at radius 3 is 2.70 bits per heavy atom. The van der Waals surface area contributed by atoms with E-state index in [2.05, 4.69) is 15.3 Å². The largest absolute Gasteiger partial charge is 0.342 e. The van der Waals surface area contributed by atoms with E-state index in [0.29, 0.717) is 13.0 Å². The summed E-state index contributed by atoms with van der Waals surface area (Å²) in [5.74, 6) is -0.0536. The summed E-state index contributed by atoms with van der Waals surface area (Å²) in [5, 5.41) is 2.82. The quantitative estimate of drug-likeness (QED) is 0.880. The van der Waals surface area contributed by atoms with Gasteiger partial charge in [0, 0.05) is 6.20 Å². The van der Waals surface area contributed by atoms with Crippen molar-refractivity contribution in [2.75, 3.05) is 0 Å². The minimum Gasteiger partial charge on any atom is -0.342 e. The van der Waals surface area contributed by atoms with E-state index in [1.54, 1.807) is 17.2 Å². The summed E-state index contributed by atoms with van der Waals surface area (Å²) in [7, 11) is 0. The molecule has 2 heterocycles. The Morgan fingerprint density at radius 1 is 1.40 bits per heavy atom. The van der Waals surface area contributed by atoms with Crippen LogP contribution in [0, 0.1) is 5.92 Å². The number of nitrogens with one attached hydrogen (secondary N) is 1. The molecule has 0 bridgehead atoms. The van der Waals surface area contributed by atoms with Gasteiger partial charge in [0.15, 0.2) is 0 Å². The lowest BCUT2D eigenvalue weighted by Crippen LogP contribution is -2.64. The summed E-state index contributed by atoms with van der Waals surface area (Å²) in [6.07, 6.45) is 3.68. The Bertz CT molecular complexity index is 489. The van der Waals surface area contributed by atoms with Crippen LogP contribution in [0.5, 0.6) is 0 Å². The highest BCUT2D eigenvalue weighted by atomic mass is 16.2. The molecule has 1 aliphatic heterocycles. The van der Waals surface area contributed by atoms with E-state index < -0.39 is 12.1 Å². The number of aromatic nitrogens is 2. The van der Waals surface area contributed by atoms with Crippen LogP contribution in [0.3, 0.4) is 0 Å². The topological polar surface area (TPSA) is 75.2 Å². The molecule has 2 amide bonds. The van der Waals surface area contributed by atoms with Crippen LogP contribution in [0.2, 0.25) is 0 Å². The van der Waals surface area contributed by atoms with Gasteiger partial charge in [-0.3, -0.25) is 9.59 Å². The third-order valence-corrected chi connectivity index (χ3v) is 3.55. The summed E-state index contributed by atoms with van der Waals surface area (Å²) in [6, 6.07) is 0.885. The predicted molar refractivity (Wildman–Crippen MR) is 73.4 cm³/mol. The summed E-state index contributed by atoms with van der Waals surface area (Å²) in [4.78, 5) is 34.3. The second-order valence-corrected chi connectivity index (χ2v) is 5.32. The molecule has 6 heteroatoms. The van der Waals surface area contributed by atoms with Crippen molar-refractivity contribution in [1.29, 1.82) is 0 Å². The number of carbonyl (C=O) groups excluding carboxylic acids is 2. The summed E-state index contributed by atoms with van der Waals surface area (Å²) in [6.45, 7) is 6.10. The minimum atomic E-state index is -0.452. The van der Waals surface area contributed by atoms with Gasteiger partial charge in [0.25, 0.3) is 0 Å².